The van der Waals surface area contributed by atoms with Gasteiger partial charge in [-0.3, -0.25) is 4.79 Å². The summed E-state index contributed by atoms with van der Waals surface area (Å²) in [5.41, 5.74) is 1.93. The third-order valence-electron chi connectivity index (χ3n) is 4.10. The molecule has 128 valence electrons. The van der Waals surface area contributed by atoms with Crippen LogP contribution in [0.15, 0.2) is 24.3 Å². The second-order valence-corrected chi connectivity index (χ2v) is 7.52. The molecule has 0 aliphatic carbocycles. The summed E-state index contributed by atoms with van der Waals surface area (Å²) in [7, 11) is 0. The first-order valence-electron chi connectivity index (χ1n) is 7.89. The summed E-state index contributed by atoms with van der Waals surface area (Å²) >= 11 is 7.50. The molecule has 0 saturated carbocycles. The van der Waals surface area contributed by atoms with E-state index in [9.17, 15) is 9.90 Å². The van der Waals surface area contributed by atoms with Gasteiger partial charge in [0.2, 0.25) is 5.91 Å². The van der Waals surface area contributed by atoms with Crippen molar-refractivity contribution in [1.82, 2.24) is 15.6 Å². The van der Waals surface area contributed by atoms with Gasteiger partial charge in [0.1, 0.15) is 5.01 Å². The van der Waals surface area contributed by atoms with Gasteiger partial charge >= 0.3 is 0 Å². The van der Waals surface area contributed by atoms with Crippen molar-refractivity contribution in [3.05, 3.63) is 39.9 Å². The maximum absolute atomic E-state index is 12.3. The number of amides is 1. The standard InChI is InChI=1S/C17H20ClN3O2S/c1-9(20-16(23)14-7-13(22)8-19-14)15-10(2)21-17(24-15)11-3-5-12(18)6-4-11/h3-6,9,13-14,19,22H,7-8H2,1-2H3,(H,20,23)/t9?,13-,14-/m1/s1. The molecular formula is C17H20ClN3O2S. The molecule has 3 atom stereocenters. The number of nitrogens with zero attached hydrogens (tertiary/aromatic N) is 1. The topological polar surface area (TPSA) is 74.2 Å². The highest BCUT2D eigenvalue weighted by molar-refractivity contribution is 7.15. The number of benzene rings is 1. The predicted octanol–water partition coefficient (Wildman–Crippen LogP) is 2.67. The quantitative estimate of drug-likeness (QED) is 0.778. The highest BCUT2D eigenvalue weighted by atomic mass is 35.5. The molecule has 1 aliphatic rings. The molecule has 0 radical (unpaired) electrons. The van der Waals surface area contributed by atoms with E-state index in [4.69, 9.17) is 11.6 Å². The number of aryl methyl sites for hydroxylation is 1. The van der Waals surface area contributed by atoms with Gasteiger partial charge in [0.05, 0.1) is 28.8 Å². The summed E-state index contributed by atoms with van der Waals surface area (Å²) in [4.78, 5) is 17.9. The molecule has 1 aromatic carbocycles. The van der Waals surface area contributed by atoms with Crippen molar-refractivity contribution < 1.29 is 9.90 Å². The summed E-state index contributed by atoms with van der Waals surface area (Å²) in [5, 5.41) is 17.2. The molecular weight excluding hydrogens is 346 g/mol. The highest BCUT2D eigenvalue weighted by Crippen LogP contribution is 2.32. The zero-order valence-corrected chi connectivity index (χ0v) is 15.1. The van der Waals surface area contributed by atoms with Crippen LogP contribution in [0.1, 0.15) is 30.0 Å². The van der Waals surface area contributed by atoms with E-state index >= 15 is 0 Å². The number of hydrogen-bond donors (Lipinski definition) is 3. The van der Waals surface area contributed by atoms with E-state index in [2.05, 4.69) is 15.6 Å². The third-order valence-corrected chi connectivity index (χ3v) is 5.74. The van der Waals surface area contributed by atoms with Crippen molar-refractivity contribution in [3.63, 3.8) is 0 Å². The Bertz CT molecular complexity index is 732. The van der Waals surface area contributed by atoms with Gasteiger partial charge < -0.3 is 15.7 Å². The number of β-amino-alcohol motifs (C(OH)–C–C–N with tert-alkyl or cyclic N) is 1. The summed E-state index contributed by atoms with van der Waals surface area (Å²) < 4.78 is 0. The van der Waals surface area contributed by atoms with E-state index in [0.717, 1.165) is 21.1 Å². The number of rotatable bonds is 4. The van der Waals surface area contributed by atoms with Crippen LogP contribution in [-0.4, -0.2) is 34.7 Å². The summed E-state index contributed by atoms with van der Waals surface area (Å²) in [6, 6.07) is 7.11. The van der Waals surface area contributed by atoms with Crippen LogP contribution < -0.4 is 10.6 Å². The van der Waals surface area contributed by atoms with E-state index in [-0.39, 0.29) is 18.0 Å². The number of hydrogen-bond acceptors (Lipinski definition) is 5. The average Bonchev–Trinajstić information content (AvgIpc) is 3.14. The number of nitrogens with one attached hydrogen (secondary N) is 2. The van der Waals surface area contributed by atoms with E-state index < -0.39 is 6.10 Å². The fourth-order valence-corrected chi connectivity index (χ4v) is 4.02. The number of halogens is 1. The van der Waals surface area contributed by atoms with Gasteiger partial charge in [-0.1, -0.05) is 23.7 Å². The average molecular weight is 366 g/mol. The van der Waals surface area contributed by atoms with Gasteiger partial charge in [0.25, 0.3) is 0 Å². The maximum Gasteiger partial charge on any atom is 0.237 e. The SMILES string of the molecule is Cc1nc(-c2ccc(Cl)cc2)sc1C(C)NC(=O)[C@H]1C[C@@H](O)CN1. The first kappa shape index (κ1) is 17.4. The lowest BCUT2D eigenvalue weighted by Crippen LogP contribution is -2.41. The zero-order chi connectivity index (χ0) is 17.3. The Balaban J connectivity index is 1.72. The Morgan fingerprint density at radius 3 is 2.79 bits per heavy atom. The second kappa shape index (κ2) is 7.19. The van der Waals surface area contributed by atoms with Gasteiger partial charge in [0, 0.05) is 17.1 Å². The molecule has 2 heterocycles. The molecule has 7 heteroatoms. The molecule has 1 aromatic heterocycles. The van der Waals surface area contributed by atoms with E-state index in [1.807, 2.05) is 38.1 Å². The summed E-state index contributed by atoms with van der Waals surface area (Å²) in [6.45, 7) is 4.37. The lowest BCUT2D eigenvalue weighted by atomic mass is 10.1. The van der Waals surface area contributed by atoms with Gasteiger partial charge in [-0.25, -0.2) is 4.98 Å². The van der Waals surface area contributed by atoms with Crippen LogP contribution in [0.5, 0.6) is 0 Å². The summed E-state index contributed by atoms with van der Waals surface area (Å²) in [5.74, 6) is -0.0834. The largest absolute Gasteiger partial charge is 0.392 e. The smallest absolute Gasteiger partial charge is 0.237 e. The number of thiazole rings is 1. The number of aliphatic hydroxyl groups excluding tert-OH is 1. The maximum atomic E-state index is 12.3. The van der Waals surface area contributed by atoms with E-state index in [0.29, 0.717) is 18.0 Å². The predicted molar refractivity (Wildman–Crippen MR) is 96.3 cm³/mol. The van der Waals surface area contributed by atoms with Gasteiger partial charge in [-0.05, 0) is 32.4 Å². The van der Waals surface area contributed by atoms with Gasteiger partial charge in [-0.15, -0.1) is 11.3 Å². The van der Waals surface area contributed by atoms with E-state index in [1.54, 1.807) is 11.3 Å². The molecule has 5 nitrogen and oxygen atoms in total. The Kier molecular flexibility index (Phi) is 5.20. The monoisotopic (exact) mass is 365 g/mol. The van der Waals surface area contributed by atoms with Crippen LogP contribution in [-0.2, 0) is 4.79 Å². The normalized spacial score (nSPS) is 21.7. The van der Waals surface area contributed by atoms with E-state index in [1.165, 1.54) is 0 Å². The lowest BCUT2D eigenvalue weighted by molar-refractivity contribution is -0.123. The van der Waals surface area contributed by atoms with Crippen LogP contribution >= 0.6 is 22.9 Å². The molecule has 0 spiro atoms. The number of aromatic nitrogens is 1. The molecule has 2 aromatic rings. The minimum Gasteiger partial charge on any atom is -0.392 e. The van der Waals surface area contributed by atoms with Crippen LogP contribution in [0.3, 0.4) is 0 Å². The molecule has 1 saturated heterocycles. The van der Waals surface area contributed by atoms with Crippen LogP contribution in [0.25, 0.3) is 10.6 Å². The van der Waals surface area contributed by atoms with Crippen molar-refractivity contribution in [2.24, 2.45) is 0 Å². The highest BCUT2D eigenvalue weighted by Gasteiger charge is 2.29. The van der Waals surface area contributed by atoms with Crippen molar-refractivity contribution in [2.45, 2.75) is 38.5 Å². The summed E-state index contributed by atoms with van der Waals surface area (Å²) in [6.07, 6.45) is 0.00804. The van der Waals surface area contributed by atoms with Crippen molar-refractivity contribution >= 4 is 28.8 Å². The van der Waals surface area contributed by atoms with Crippen molar-refractivity contribution in [3.8, 4) is 10.6 Å². The molecule has 0 bridgehead atoms. The van der Waals surface area contributed by atoms with Crippen LogP contribution in [0.4, 0.5) is 0 Å². The Morgan fingerprint density at radius 2 is 2.17 bits per heavy atom. The number of aliphatic hydroxyl groups is 1. The fourth-order valence-electron chi connectivity index (χ4n) is 2.82. The van der Waals surface area contributed by atoms with Gasteiger partial charge in [-0.2, -0.15) is 0 Å². The van der Waals surface area contributed by atoms with Crippen LogP contribution in [0, 0.1) is 6.92 Å². The molecule has 1 aliphatic heterocycles. The van der Waals surface area contributed by atoms with Crippen molar-refractivity contribution in [1.29, 1.82) is 0 Å². The second-order valence-electron chi connectivity index (χ2n) is 6.06. The Labute approximate surface area is 150 Å². The number of carbonyl (C=O) groups excluding carboxylic acids is 1. The lowest BCUT2D eigenvalue weighted by Gasteiger charge is -2.16. The van der Waals surface area contributed by atoms with Gasteiger partial charge in [0.15, 0.2) is 0 Å². The Morgan fingerprint density at radius 1 is 1.46 bits per heavy atom. The number of carbonyl (C=O) groups is 1. The third kappa shape index (κ3) is 3.78. The minimum absolute atomic E-state index is 0.0834. The molecule has 3 N–H and O–H groups in total. The minimum atomic E-state index is -0.447. The first-order chi connectivity index (χ1) is 11.4. The molecule has 1 fully saturated rings. The molecule has 1 amide bonds. The zero-order valence-electron chi connectivity index (χ0n) is 13.5. The Hall–Kier alpha value is -1.47. The molecule has 3 rings (SSSR count). The van der Waals surface area contributed by atoms with Crippen LogP contribution in [0.2, 0.25) is 5.02 Å². The molecule has 24 heavy (non-hydrogen) atoms. The fraction of sp³-hybridized carbons (Fsp3) is 0.412. The first-order valence-corrected chi connectivity index (χ1v) is 9.08. The molecule has 1 unspecified atom stereocenters. The van der Waals surface area contributed by atoms with Crippen molar-refractivity contribution in [2.75, 3.05) is 6.54 Å².